The van der Waals surface area contributed by atoms with Gasteiger partial charge in [-0.3, -0.25) is 4.79 Å². The molecule has 0 aromatic heterocycles. The van der Waals surface area contributed by atoms with Gasteiger partial charge in [-0.25, -0.2) is 8.78 Å². The summed E-state index contributed by atoms with van der Waals surface area (Å²) in [6, 6.07) is 10.1. The lowest BCUT2D eigenvalue weighted by Crippen LogP contribution is -2.16. The van der Waals surface area contributed by atoms with E-state index >= 15 is 0 Å². The first-order chi connectivity index (χ1) is 11.5. The van der Waals surface area contributed by atoms with E-state index < -0.39 is 23.3 Å². The quantitative estimate of drug-likeness (QED) is 0.651. The lowest BCUT2D eigenvalue weighted by molar-refractivity contribution is 0.0954. The maximum atomic E-state index is 14.1. The van der Waals surface area contributed by atoms with Crippen molar-refractivity contribution in [3.63, 3.8) is 0 Å². The van der Waals surface area contributed by atoms with Gasteiger partial charge in [0, 0.05) is 11.4 Å². The number of benzene rings is 2. The van der Waals surface area contributed by atoms with Crippen LogP contribution < -0.4 is 0 Å². The second-order valence-corrected chi connectivity index (χ2v) is 5.32. The molecule has 0 aliphatic rings. The molecule has 5 heteroatoms. The third kappa shape index (κ3) is 4.39. The van der Waals surface area contributed by atoms with Gasteiger partial charge in [0.2, 0.25) is 0 Å². The molecule has 0 saturated carbocycles. The molecule has 0 spiro atoms. The van der Waals surface area contributed by atoms with Crippen molar-refractivity contribution in [1.82, 2.24) is 0 Å². The Bertz CT molecular complexity index is 768. The van der Waals surface area contributed by atoms with Gasteiger partial charge < -0.3 is 0 Å². The predicted molar refractivity (Wildman–Crippen MR) is 91.2 cm³/mol. The number of hydrogen-bond acceptors (Lipinski definition) is 2. The summed E-state index contributed by atoms with van der Waals surface area (Å²) in [5, 5.41) is 9.10. The van der Waals surface area contributed by atoms with Crippen LogP contribution in [0.1, 0.15) is 47.7 Å². The number of nitrogens with zero attached hydrogens (tertiary/aromatic N) is 1. The summed E-state index contributed by atoms with van der Waals surface area (Å²) in [5.41, 5.74) is 0.213. The van der Waals surface area contributed by atoms with Crippen LogP contribution in [-0.2, 0) is 0 Å². The molecule has 2 aromatic carbocycles. The molecule has 0 aliphatic carbocycles. The van der Waals surface area contributed by atoms with E-state index in [9.17, 15) is 13.6 Å². The van der Waals surface area contributed by atoms with Crippen LogP contribution in [0.25, 0.3) is 0 Å². The number of halogens is 3. The molecule has 1 unspecified atom stereocenters. The maximum Gasteiger partial charge on any atom is 0.174 e. The SMILES string of the molecule is CC.Cc1cccc(C(=O)C(CC#N)c2ccc(Cl)cc2F)c1F. The molecule has 0 amide bonds. The molecule has 0 radical (unpaired) electrons. The van der Waals surface area contributed by atoms with Gasteiger partial charge in [-0.2, -0.15) is 5.26 Å². The fourth-order valence-corrected chi connectivity index (χ4v) is 2.40. The molecule has 0 N–H and O–H groups in total. The van der Waals surface area contributed by atoms with Crippen molar-refractivity contribution >= 4 is 17.4 Å². The Kier molecular flexibility index (Phi) is 7.54. The number of nitriles is 1. The molecule has 126 valence electrons. The maximum absolute atomic E-state index is 14.1. The molecule has 0 bridgehead atoms. The average Bonchev–Trinajstić information content (AvgIpc) is 2.57. The molecule has 1 atom stereocenters. The largest absolute Gasteiger partial charge is 0.293 e. The van der Waals surface area contributed by atoms with Crippen molar-refractivity contribution in [3.05, 3.63) is 69.7 Å². The second-order valence-electron chi connectivity index (χ2n) is 4.88. The van der Waals surface area contributed by atoms with Gasteiger partial charge in [0.15, 0.2) is 5.78 Å². The van der Waals surface area contributed by atoms with E-state index in [1.807, 2.05) is 19.9 Å². The van der Waals surface area contributed by atoms with Gasteiger partial charge in [0.05, 0.1) is 17.6 Å². The first-order valence-corrected chi connectivity index (χ1v) is 7.94. The molecule has 0 saturated heterocycles. The van der Waals surface area contributed by atoms with Gasteiger partial charge in [-0.15, -0.1) is 0 Å². The lowest BCUT2D eigenvalue weighted by Gasteiger charge is -2.15. The van der Waals surface area contributed by atoms with E-state index in [0.29, 0.717) is 5.56 Å². The Morgan fingerprint density at radius 2 is 1.92 bits per heavy atom. The average molecular weight is 350 g/mol. The van der Waals surface area contributed by atoms with Crippen molar-refractivity contribution in [2.75, 3.05) is 0 Å². The van der Waals surface area contributed by atoms with Crippen molar-refractivity contribution in [3.8, 4) is 6.07 Å². The summed E-state index contributed by atoms with van der Waals surface area (Å²) in [4.78, 5) is 12.6. The van der Waals surface area contributed by atoms with Crippen LogP contribution in [0.3, 0.4) is 0 Å². The second kappa shape index (κ2) is 9.14. The number of ketones is 1. The molecule has 24 heavy (non-hydrogen) atoms. The van der Waals surface area contributed by atoms with E-state index in [1.165, 1.54) is 31.2 Å². The summed E-state index contributed by atoms with van der Waals surface area (Å²) >= 11 is 5.69. The highest BCUT2D eigenvalue weighted by atomic mass is 35.5. The first kappa shape index (κ1) is 19.8. The molecule has 0 heterocycles. The van der Waals surface area contributed by atoms with Crippen LogP contribution in [0.4, 0.5) is 8.78 Å². The Balaban J connectivity index is 0.00000139. The van der Waals surface area contributed by atoms with Crippen LogP contribution >= 0.6 is 11.6 Å². The number of rotatable bonds is 4. The van der Waals surface area contributed by atoms with Gasteiger partial charge in [-0.1, -0.05) is 43.6 Å². The van der Waals surface area contributed by atoms with Crippen LogP contribution in [-0.4, -0.2) is 5.78 Å². The molecular weight excluding hydrogens is 332 g/mol. The van der Waals surface area contributed by atoms with E-state index in [0.717, 1.165) is 6.07 Å². The van der Waals surface area contributed by atoms with Crippen molar-refractivity contribution in [2.45, 2.75) is 33.1 Å². The summed E-state index contributed by atoms with van der Waals surface area (Å²) in [6.07, 6.45) is -0.245. The van der Waals surface area contributed by atoms with Gasteiger partial charge in [0.1, 0.15) is 11.6 Å². The van der Waals surface area contributed by atoms with Crippen LogP contribution in [0.15, 0.2) is 36.4 Å². The highest BCUT2D eigenvalue weighted by Gasteiger charge is 2.27. The predicted octanol–water partition coefficient (Wildman–Crippen LogP) is 5.83. The Morgan fingerprint density at radius 1 is 1.25 bits per heavy atom. The third-order valence-electron chi connectivity index (χ3n) is 3.41. The van der Waals surface area contributed by atoms with Gasteiger partial charge >= 0.3 is 0 Å². The number of aryl methyl sites for hydroxylation is 1. The molecule has 2 rings (SSSR count). The van der Waals surface area contributed by atoms with Crippen LogP contribution in [0, 0.1) is 29.9 Å². The van der Waals surface area contributed by atoms with Crippen LogP contribution in [0.2, 0.25) is 5.02 Å². The monoisotopic (exact) mass is 349 g/mol. The normalized spacial score (nSPS) is 11.0. The van der Waals surface area contributed by atoms with E-state index in [4.69, 9.17) is 16.9 Å². The first-order valence-electron chi connectivity index (χ1n) is 7.57. The summed E-state index contributed by atoms with van der Waals surface area (Å²) in [6.45, 7) is 5.54. The fourth-order valence-electron chi connectivity index (χ4n) is 2.24. The number of carbonyl (C=O) groups is 1. The third-order valence-corrected chi connectivity index (χ3v) is 3.64. The number of carbonyl (C=O) groups excluding carboxylic acids is 1. The van der Waals surface area contributed by atoms with E-state index in [2.05, 4.69) is 0 Å². The number of Topliss-reactive ketones (excluding diaryl/α,β-unsaturated/α-hetero) is 1. The standard InChI is InChI=1S/C17H12ClF2NO.C2H6/c1-10-3-2-4-14(16(10)20)17(22)13(7-8-21)12-6-5-11(18)9-15(12)19;1-2/h2-6,9,13H,7H2,1H3;1-2H3. The highest BCUT2D eigenvalue weighted by Crippen LogP contribution is 2.29. The smallest absolute Gasteiger partial charge is 0.174 e. The zero-order valence-electron chi connectivity index (χ0n) is 13.7. The minimum absolute atomic E-state index is 0.0388. The van der Waals surface area contributed by atoms with Gasteiger partial charge in [0.25, 0.3) is 0 Å². The topological polar surface area (TPSA) is 40.9 Å². The molecule has 2 aromatic rings. The Hall–Kier alpha value is -2.25. The Morgan fingerprint density at radius 3 is 2.50 bits per heavy atom. The summed E-state index contributed by atoms with van der Waals surface area (Å²) in [5.74, 6) is -3.03. The Labute approximate surface area is 145 Å². The summed E-state index contributed by atoms with van der Waals surface area (Å²) < 4.78 is 28.2. The van der Waals surface area contributed by atoms with Crippen LogP contribution in [0.5, 0.6) is 0 Å². The molecular formula is C19H18ClF2NO. The highest BCUT2D eigenvalue weighted by molar-refractivity contribution is 6.30. The lowest BCUT2D eigenvalue weighted by atomic mass is 9.87. The van der Waals surface area contributed by atoms with E-state index in [-0.39, 0.29) is 22.6 Å². The number of hydrogen-bond donors (Lipinski definition) is 0. The molecule has 0 aliphatic heterocycles. The minimum Gasteiger partial charge on any atom is -0.293 e. The van der Waals surface area contributed by atoms with Crippen molar-refractivity contribution in [1.29, 1.82) is 5.26 Å². The molecule has 0 fully saturated rings. The van der Waals surface area contributed by atoms with Crippen molar-refractivity contribution < 1.29 is 13.6 Å². The summed E-state index contributed by atoms with van der Waals surface area (Å²) in [7, 11) is 0. The van der Waals surface area contributed by atoms with Crippen molar-refractivity contribution in [2.24, 2.45) is 0 Å². The van der Waals surface area contributed by atoms with E-state index in [1.54, 1.807) is 6.07 Å². The fraction of sp³-hybridized carbons (Fsp3) is 0.263. The van der Waals surface area contributed by atoms with Gasteiger partial charge in [-0.05, 0) is 36.2 Å². The minimum atomic E-state index is -1.07. The molecule has 2 nitrogen and oxygen atoms in total. The zero-order chi connectivity index (χ0) is 18.3. The zero-order valence-corrected chi connectivity index (χ0v) is 14.5.